The summed E-state index contributed by atoms with van der Waals surface area (Å²) < 4.78 is 1.06. The summed E-state index contributed by atoms with van der Waals surface area (Å²) in [5.74, 6) is 0. The lowest BCUT2D eigenvalue weighted by Gasteiger charge is -2.36. The lowest BCUT2D eigenvalue weighted by Crippen LogP contribution is -2.43. The van der Waals surface area contributed by atoms with Crippen LogP contribution in [0, 0.1) is 0 Å². The largest absolute Gasteiger partial charge is 0.370 e. The molecule has 0 amide bonds. The van der Waals surface area contributed by atoms with E-state index >= 15 is 0 Å². The van der Waals surface area contributed by atoms with E-state index in [1.165, 1.54) is 23.2 Å². The number of piperidine rings is 1. The molecule has 112 valence electrons. The first kappa shape index (κ1) is 13.4. The van der Waals surface area contributed by atoms with E-state index in [4.69, 9.17) is 5.73 Å². The zero-order valence-electron chi connectivity index (χ0n) is 12.0. The topological polar surface area (TPSA) is 61.2 Å². The number of hydrogen-bond acceptors (Lipinski definition) is 4. The quantitative estimate of drug-likeness (QED) is 0.874. The molecule has 2 fully saturated rings. The van der Waals surface area contributed by atoms with Crippen molar-refractivity contribution in [2.24, 2.45) is 5.73 Å². The van der Waals surface area contributed by atoms with Crippen LogP contribution in [0.25, 0.3) is 11.0 Å². The summed E-state index contributed by atoms with van der Waals surface area (Å²) in [5.41, 5.74) is 9.67. The van der Waals surface area contributed by atoms with Gasteiger partial charge in [-0.05, 0) is 35.2 Å². The summed E-state index contributed by atoms with van der Waals surface area (Å²) >= 11 is 3.70. The summed E-state index contributed by atoms with van der Waals surface area (Å²) in [6, 6.07) is 0.264. The molecule has 4 heterocycles. The zero-order valence-corrected chi connectivity index (χ0v) is 13.6. The van der Waals surface area contributed by atoms with Crippen LogP contribution in [-0.4, -0.2) is 42.2 Å². The van der Waals surface area contributed by atoms with Gasteiger partial charge in [0.15, 0.2) is 0 Å². The third-order valence-corrected chi connectivity index (χ3v) is 5.16. The number of rotatable bonds is 2. The minimum absolute atomic E-state index is 0.264. The van der Waals surface area contributed by atoms with Gasteiger partial charge in [-0.3, -0.25) is 0 Å². The molecule has 0 bridgehead atoms. The van der Waals surface area contributed by atoms with Gasteiger partial charge < -0.3 is 20.5 Å². The van der Waals surface area contributed by atoms with Gasteiger partial charge in [-0.2, -0.15) is 0 Å². The number of fused-ring (bicyclic) bond motifs is 1. The molecule has 2 aromatic heterocycles. The highest BCUT2D eigenvalue weighted by Gasteiger charge is 2.26. The van der Waals surface area contributed by atoms with Crippen LogP contribution in [0.4, 0.5) is 11.4 Å². The van der Waals surface area contributed by atoms with E-state index in [2.05, 4.69) is 41.9 Å². The van der Waals surface area contributed by atoms with Gasteiger partial charge in [0.2, 0.25) is 0 Å². The fourth-order valence-corrected chi connectivity index (χ4v) is 3.92. The number of nitrogens with two attached hydrogens (primary N) is 1. The molecule has 0 radical (unpaired) electrons. The fourth-order valence-electron chi connectivity index (χ4n) is 3.37. The summed E-state index contributed by atoms with van der Waals surface area (Å²) in [7, 11) is 0. The van der Waals surface area contributed by atoms with Crippen LogP contribution in [0.15, 0.2) is 16.9 Å². The predicted octanol–water partition coefficient (Wildman–Crippen LogP) is 2.46. The van der Waals surface area contributed by atoms with Crippen LogP contribution in [0.2, 0.25) is 0 Å². The Labute approximate surface area is 132 Å². The molecule has 5 nitrogen and oxygen atoms in total. The molecule has 2 aliphatic rings. The first-order valence-electron chi connectivity index (χ1n) is 7.65. The van der Waals surface area contributed by atoms with Crippen LogP contribution in [0.3, 0.4) is 0 Å². The van der Waals surface area contributed by atoms with Gasteiger partial charge in [0.1, 0.15) is 5.65 Å². The first-order chi connectivity index (χ1) is 10.2. The average molecular weight is 350 g/mol. The van der Waals surface area contributed by atoms with Crippen molar-refractivity contribution in [3.05, 3.63) is 16.9 Å². The number of nitrogens with one attached hydrogen (secondary N) is 1. The first-order valence-corrected chi connectivity index (χ1v) is 8.44. The van der Waals surface area contributed by atoms with E-state index in [0.717, 1.165) is 49.1 Å². The second-order valence-corrected chi connectivity index (χ2v) is 6.90. The van der Waals surface area contributed by atoms with Gasteiger partial charge in [0.25, 0.3) is 0 Å². The second-order valence-electron chi connectivity index (χ2n) is 6.04. The van der Waals surface area contributed by atoms with Crippen LogP contribution < -0.4 is 15.5 Å². The number of halogens is 1. The molecule has 0 spiro atoms. The maximum Gasteiger partial charge on any atom is 0.141 e. The number of aromatic amines is 1. The van der Waals surface area contributed by atoms with Crippen molar-refractivity contribution in [3.8, 4) is 0 Å². The SMILES string of the molecule is N[C@@H]1CCCN(c2c(Br)cnc3[nH]cc(N4CCC4)c23)C1. The molecule has 0 saturated carbocycles. The Hall–Kier alpha value is -1.27. The minimum atomic E-state index is 0.264. The lowest BCUT2D eigenvalue weighted by molar-refractivity contribution is 0.506. The molecular weight excluding hydrogens is 330 g/mol. The molecule has 1 atom stereocenters. The van der Waals surface area contributed by atoms with Crippen molar-refractivity contribution in [2.75, 3.05) is 36.0 Å². The Balaban J connectivity index is 1.85. The van der Waals surface area contributed by atoms with Crippen molar-refractivity contribution in [3.63, 3.8) is 0 Å². The number of hydrogen-bond donors (Lipinski definition) is 2. The van der Waals surface area contributed by atoms with Gasteiger partial charge >= 0.3 is 0 Å². The molecular formula is C15H20BrN5. The van der Waals surface area contributed by atoms with Crippen molar-refractivity contribution in [1.82, 2.24) is 9.97 Å². The molecule has 0 unspecified atom stereocenters. The smallest absolute Gasteiger partial charge is 0.141 e. The Morgan fingerprint density at radius 1 is 1.24 bits per heavy atom. The molecule has 6 heteroatoms. The minimum Gasteiger partial charge on any atom is -0.370 e. The fraction of sp³-hybridized carbons (Fsp3) is 0.533. The van der Waals surface area contributed by atoms with Crippen LogP contribution in [0.1, 0.15) is 19.3 Å². The third kappa shape index (κ3) is 2.21. The number of anilines is 2. The van der Waals surface area contributed by atoms with Crippen molar-refractivity contribution >= 4 is 38.3 Å². The van der Waals surface area contributed by atoms with Crippen molar-refractivity contribution < 1.29 is 0 Å². The summed E-state index contributed by atoms with van der Waals surface area (Å²) in [4.78, 5) is 12.7. The van der Waals surface area contributed by atoms with Gasteiger partial charge in [-0.15, -0.1) is 0 Å². The van der Waals surface area contributed by atoms with Crippen molar-refractivity contribution in [2.45, 2.75) is 25.3 Å². The number of H-pyrrole nitrogens is 1. The van der Waals surface area contributed by atoms with Crippen LogP contribution in [-0.2, 0) is 0 Å². The zero-order chi connectivity index (χ0) is 14.4. The van der Waals surface area contributed by atoms with Crippen LogP contribution in [0.5, 0.6) is 0 Å². The van der Waals surface area contributed by atoms with E-state index in [1.807, 2.05) is 6.20 Å². The van der Waals surface area contributed by atoms with E-state index in [9.17, 15) is 0 Å². The summed E-state index contributed by atoms with van der Waals surface area (Å²) in [6.45, 7) is 4.26. The Morgan fingerprint density at radius 3 is 2.76 bits per heavy atom. The molecule has 2 saturated heterocycles. The predicted molar refractivity (Wildman–Crippen MR) is 90.0 cm³/mol. The monoisotopic (exact) mass is 349 g/mol. The molecule has 2 aliphatic heterocycles. The van der Waals surface area contributed by atoms with E-state index in [0.29, 0.717) is 0 Å². The highest BCUT2D eigenvalue weighted by Crippen LogP contribution is 2.41. The van der Waals surface area contributed by atoms with E-state index < -0.39 is 0 Å². The molecule has 21 heavy (non-hydrogen) atoms. The van der Waals surface area contributed by atoms with Crippen LogP contribution >= 0.6 is 15.9 Å². The maximum atomic E-state index is 6.18. The van der Waals surface area contributed by atoms with Crippen molar-refractivity contribution in [1.29, 1.82) is 0 Å². The normalized spacial score (nSPS) is 22.7. The second kappa shape index (κ2) is 5.18. The summed E-state index contributed by atoms with van der Waals surface area (Å²) in [6.07, 6.45) is 7.54. The standard InChI is InChI=1S/C15H20BrN5/c16-11-7-18-15-13(12(8-19-15)20-5-2-6-20)14(11)21-4-1-3-10(17)9-21/h7-8,10H,1-6,9,17H2,(H,18,19)/t10-/m1/s1. The molecule has 3 N–H and O–H groups in total. The van der Waals surface area contributed by atoms with Gasteiger partial charge in [0.05, 0.1) is 21.2 Å². The highest BCUT2D eigenvalue weighted by atomic mass is 79.9. The van der Waals surface area contributed by atoms with E-state index in [-0.39, 0.29) is 6.04 Å². The molecule has 4 rings (SSSR count). The van der Waals surface area contributed by atoms with Gasteiger partial charge in [0, 0.05) is 44.6 Å². The Kier molecular flexibility index (Phi) is 3.30. The Morgan fingerprint density at radius 2 is 2.05 bits per heavy atom. The molecule has 0 aliphatic carbocycles. The number of pyridine rings is 1. The summed E-state index contributed by atoms with van der Waals surface area (Å²) in [5, 5.41) is 1.23. The number of aromatic nitrogens is 2. The molecule has 0 aromatic carbocycles. The maximum absolute atomic E-state index is 6.18. The Bertz CT molecular complexity index is 663. The van der Waals surface area contributed by atoms with Gasteiger partial charge in [-0.25, -0.2) is 4.98 Å². The van der Waals surface area contributed by atoms with E-state index in [1.54, 1.807) is 0 Å². The number of nitrogens with zero attached hydrogens (tertiary/aromatic N) is 3. The van der Waals surface area contributed by atoms with Gasteiger partial charge in [-0.1, -0.05) is 0 Å². The highest BCUT2D eigenvalue weighted by molar-refractivity contribution is 9.10. The average Bonchev–Trinajstić information content (AvgIpc) is 2.81. The molecule has 2 aromatic rings. The third-order valence-electron chi connectivity index (χ3n) is 4.58. The lowest BCUT2D eigenvalue weighted by atomic mass is 10.0.